The lowest BCUT2D eigenvalue weighted by molar-refractivity contribution is 0.0946. The Balaban J connectivity index is 1.79. The molecule has 2 rings (SSSR count). The SMILES string of the molecule is O=C(NCCOc1ccc(F)cc1F)c1ccc(F)cc1. The fraction of sp³-hybridized carbons (Fsp3) is 0.133. The lowest BCUT2D eigenvalue weighted by Crippen LogP contribution is -2.28. The topological polar surface area (TPSA) is 38.3 Å². The van der Waals surface area contributed by atoms with E-state index in [1.165, 1.54) is 30.3 Å². The summed E-state index contributed by atoms with van der Waals surface area (Å²) in [5.74, 6) is -2.41. The number of hydrogen-bond acceptors (Lipinski definition) is 2. The van der Waals surface area contributed by atoms with Crippen LogP contribution < -0.4 is 10.1 Å². The highest BCUT2D eigenvalue weighted by atomic mass is 19.1. The number of hydrogen-bond donors (Lipinski definition) is 1. The van der Waals surface area contributed by atoms with Gasteiger partial charge >= 0.3 is 0 Å². The summed E-state index contributed by atoms with van der Waals surface area (Å²) >= 11 is 0. The Morgan fingerprint density at radius 2 is 1.67 bits per heavy atom. The second-order valence-electron chi connectivity index (χ2n) is 4.19. The summed E-state index contributed by atoms with van der Waals surface area (Å²) in [6.45, 7) is 0.155. The zero-order valence-corrected chi connectivity index (χ0v) is 10.9. The van der Waals surface area contributed by atoms with E-state index in [-0.39, 0.29) is 18.9 Å². The fourth-order valence-electron chi connectivity index (χ4n) is 1.62. The Kier molecular flexibility index (Phi) is 4.81. The van der Waals surface area contributed by atoms with Crippen LogP contribution in [0.15, 0.2) is 42.5 Å². The molecule has 0 spiro atoms. The largest absolute Gasteiger partial charge is 0.489 e. The minimum Gasteiger partial charge on any atom is -0.489 e. The van der Waals surface area contributed by atoms with Crippen molar-refractivity contribution >= 4 is 5.91 Å². The van der Waals surface area contributed by atoms with E-state index in [2.05, 4.69) is 5.32 Å². The van der Waals surface area contributed by atoms with Gasteiger partial charge in [0, 0.05) is 11.6 Å². The van der Waals surface area contributed by atoms with Gasteiger partial charge in [0.25, 0.3) is 5.91 Å². The summed E-state index contributed by atoms with van der Waals surface area (Å²) in [5.41, 5.74) is 0.310. The van der Waals surface area contributed by atoms with Gasteiger partial charge < -0.3 is 10.1 Å². The molecule has 0 unspecified atom stereocenters. The third kappa shape index (κ3) is 4.24. The molecule has 0 radical (unpaired) electrons. The van der Waals surface area contributed by atoms with E-state index in [4.69, 9.17) is 4.74 Å². The van der Waals surface area contributed by atoms with Crippen LogP contribution in [0.3, 0.4) is 0 Å². The first-order valence-electron chi connectivity index (χ1n) is 6.18. The minimum absolute atomic E-state index is 0.0233. The zero-order valence-electron chi connectivity index (χ0n) is 10.9. The predicted octanol–water partition coefficient (Wildman–Crippen LogP) is 2.91. The van der Waals surface area contributed by atoms with Crippen LogP contribution in [-0.2, 0) is 0 Å². The van der Waals surface area contributed by atoms with Crippen LogP contribution >= 0.6 is 0 Å². The van der Waals surface area contributed by atoms with Gasteiger partial charge in [-0.25, -0.2) is 13.2 Å². The molecule has 21 heavy (non-hydrogen) atoms. The molecular formula is C15H12F3NO2. The van der Waals surface area contributed by atoms with Crippen molar-refractivity contribution in [3.05, 3.63) is 65.5 Å². The van der Waals surface area contributed by atoms with Crippen LogP contribution in [0.5, 0.6) is 5.75 Å². The van der Waals surface area contributed by atoms with Crippen LogP contribution in [0, 0.1) is 17.5 Å². The highest BCUT2D eigenvalue weighted by Crippen LogP contribution is 2.17. The van der Waals surface area contributed by atoms with E-state index in [1.54, 1.807) is 0 Å². The molecule has 0 bridgehead atoms. The molecule has 0 saturated heterocycles. The quantitative estimate of drug-likeness (QED) is 0.861. The van der Waals surface area contributed by atoms with Crippen molar-refractivity contribution in [1.29, 1.82) is 0 Å². The van der Waals surface area contributed by atoms with Gasteiger partial charge in [-0.1, -0.05) is 0 Å². The number of carbonyl (C=O) groups excluding carboxylic acids is 1. The average Bonchev–Trinajstić information content (AvgIpc) is 2.46. The normalized spacial score (nSPS) is 10.2. The Hall–Kier alpha value is -2.50. The first-order chi connectivity index (χ1) is 10.1. The molecule has 2 aromatic carbocycles. The minimum atomic E-state index is -0.806. The second kappa shape index (κ2) is 6.78. The van der Waals surface area contributed by atoms with Crippen LogP contribution in [0.4, 0.5) is 13.2 Å². The van der Waals surface area contributed by atoms with Crippen molar-refractivity contribution in [2.75, 3.05) is 13.2 Å². The molecule has 0 atom stereocenters. The van der Waals surface area contributed by atoms with E-state index in [1.807, 2.05) is 0 Å². The molecule has 2 aromatic rings. The van der Waals surface area contributed by atoms with E-state index in [0.29, 0.717) is 11.6 Å². The van der Waals surface area contributed by atoms with Crippen LogP contribution in [0.25, 0.3) is 0 Å². The molecule has 0 heterocycles. The Morgan fingerprint density at radius 1 is 1.00 bits per heavy atom. The highest BCUT2D eigenvalue weighted by molar-refractivity contribution is 5.94. The lowest BCUT2D eigenvalue weighted by atomic mass is 10.2. The van der Waals surface area contributed by atoms with E-state index >= 15 is 0 Å². The molecular weight excluding hydrogens is 283 g/mol. The standard InChI is InChI=1S/C15H12F3NO2/c16-11-3-1-10(2-4-11)15(20)19-7-8-21-14-6-5-12(17)9-13(14)18/h1-6,9H,7-8H2,(H,19,20). The maximum absolute atomic E-state index is 13.3. The Bertz CT molecular complexity index is 629. The monoisotopic (exact) mass is 295 g/mol. The maximum Gasteiger partial charge on any atom is 0.251 e. The van der Waals surface area contributed by atoms with E-state index < -0.39 is 23.4 Å². The van der Waals surface area contributed by atoms with E-state index in [0.717, 1.165) is 6.07 Å². The molecule has 3 nitrogen and oxygen atoms in total. The van der Waals surface area contributed by atoms with Crippen molar-refractivity contribution in [3.63, 3.8) is 0 Å². The molecule has 0 aromatic heterocycles. The van der Waals surface area contributed by atoms with Crippen molar-refractivity contribution < 1.29 is 22.7 Å². The Morgan fingerprint density at radius 3 is 2.33 bits per heavy atom. The molecule has 0 aliphatic rings. The number of benzene rings is 2. The van der Waals surface area contributed by atoms with Crippen molar-refractivity contribution in [2.24, 2.45) is 0 Å². The summed E-state index contributed by atoms with van der Waals surface area (Å²) in [6, 6.07) is 8.03. The molecule has 0 aliphatic carbocycles. The smallest absolute Gasteiger partial charge is 0.251 e. The number of ether oxygens (including phenoxy) is 1. The molecule has 0 aliphatic heterocycles. The van der Waals surface area contributed by atoms with Gasteiger partial charge in [0.2, 0.25) is 0 Å². The highest BCUT2D eigenvalue weighted by Gasteiger charge is 2.06. The molecule has 1 N–H and O–H groups in total. The fourth-order valence-corrected chi connectivity index (χ4v) is 1.62. The van der Waals surface area contributed by atoms with Crippen LogP contribution in [0.1, 0.15) is 10.4 Å². The Labute approximate surface area is 119 Å². The number of nitrogens with one attached hydrogen (secondary N) is 1. The predicted molar refractivity (Wildman–Crippen MR) is 70.6 cm³/mol. The molecule has 1 amide bonds. The molecule has 0 saturated carbocycles. The lowest BCUT2D eigenvalue weighted by Gasteiger charge is -2.08. The summed E-state index contributed by atoms with van der Waals surface area (Å²) < 4.78 is 43.7. The van der Waals surface area contributed by atoms with Gasteiger partial charge in [-0.3, -0.25) is 4.79 Å². The number of carbonyl (C=O) groups is 1. The molecule has 0 fully saturated rings. The van der Waals surface area contributed by atoms with E-state index in [9.17, 15) is 18.0 Å². The maximum atomic E-state index is 13.3. The van der Waals surface area contributed by atoms with Gasteiger partial charge in [-0.05, 0) is 36.4 Å². The van der Waals surface area contributed by atoms with Crippen LogP contribution in [0.2, 0.25) is 0 Å². The summed E-state index contributed by atoms with van der Waals surface area (Å²) in [7, 11) is 0. The third-order valence-corrected chi connectivity index (χ3v) is 2.65. The average molecular weight is 295 g/mol. The number of amides is 1. The first-order valence-corrected chi connectivity index (χ1v) is 6.18. The van der Waals surface area contributed by atoms with Crippen LogP contribution in [-0.4, -0.2) is 19.1 Å². The van der Waals surface area contributed by atoms with Crippen molar-refractivity contribution in [2.45, 2.75) is 0 Å². The van der Waals surface area contributed by atoms with Gasteiger partial charge in [-0.2, -0.15) is 0 Å². The first kappa shape index (κ1) is 14.9. The van der Waals surface area contributed by atoms with Gasteiger partial charge in [0.1, 0.15) is 18.2 Å². The second-order valence-corrected chi connectivity index (χ2v) is 4.19. The number of rotatable bonds is 5. The van der Waals surface area contributed by atoms with Gasteiger partial charge in [-0.15, -0.1) is 0 Å². The van der Waals surface area contributed by atoms with Crippen molar-refractivity contribution in [1.82, 2.24) is 5.32 Å². The zero-order chi connectivity index (χ0) is 15.2. The van der Waals surface area contributed by atoms with Gasteiger partial charge in [0.15, 0.2) is 11.6 Å². The summed E-state index contributed by atoms with van der Waals surface area (Å²) in [5, 5.41) is 2.54. The number of halogens is 3. The third-order valence-electron chi connectivity index (χ3n) is 2.65. The van der Waals surface area contributed by atoms with Gasteiger partial charge in [0.05, 0.1) is 6.54 Å². The van der Waals surface area contributed by atoms with Crippen molar-refractivity contribution in [3.8, 4) is 5.75 Å². The summed E-state index contributed by atoms with van der Waals surface area (Å²) in [6.07, 6.45) is 0. The molecule has 6 heteroatoms. The summed E-state index contributed by atoms with van der Waals surface area (Å²) in [4.78, 5) is 11.7. The molecule has 110 valence electrons.